The van der Waals surface area contributed by atoms with E-state index in [0.29, 0.717) is 28.0 Å². The number of methoxy groups -OCH3 is 2. The molecule has 3 aromatic rings. The van der Waals surface area contributed by atoms with E-state index in [1.54, 1.807) is 30.3 Å². The van der Waals surface area contributed by atoms with Crippen molar-refractivity contribution in [1.29, 1.82) is 0 Å². The van der Waals surface area contributed by atoms with Crippen molar-refractivity contribution in [2.24, 2.45) is 0 Å². The van der Waals surface area contributed by atoms with Crippen molar-refractivity contribution in [2.45, 2.75) is 19.9 Å². The number of hydrogen-bond acceptors (Lipinski definition) is 8. The highest BCUT2D eigenvalue weighted by Crippen LogP contribution is 2.45. The zero-order chi connectivity index (χ0) is 25.8. The number of rotatable bonds is 9. The fraction of sp³-hybridized carbons (Fsp3) is 0.200. The Hall–Kier alpha value is -4.09. The lowest BCUT2D eigenvalue weighted by atomic mass is 10.0. The van der Waals surface area contributed by atoms with Gasteiger partial charge >= 0.3 is 7.32 Å². The second-order valence-electron chi connectivity index (χ2n) is 7.95. The Bertz CT molecular complexity index is 1310. The maximum absolute atomic E-state index is 14.1. The molecule has 0 bridgehead atoms. The van der Waals surface area contributed by atoms with Crippen LogP contribution in [0.25, 0.3) is 17.2 Å². The van der Waals surface area contributed by atoms with Gasteiger partial charge in [-0.05, 0) is 65.1 Å². The molecule has 2 aromatic heterocycles. The maximum Gasteiger partial charge on any atom is 0.707 e. The van der Waals surface area contributed by atoms with Gasteiger partial charge < -0.3 is 33.9 Å². The molecule has 3 N–H and O–H groups in total. The van der Waals surface area contributed by atoms with Gasteiger partial charge in [0.05, 0.1) is 33.4 Å². The monoisotopic (exact) mass is 494 g/mol. The van der Waals surface area contributed by atoms with E-state index in [4.69, 9.17) is 18.5 Å². The third kappa shape index (κ3) is 5.27. The molecule has 4 rings (SSSR count). The molecule has 0 radical (unpaired) electrons. The third-order valence-electron chi connectivity index (χ3n) is 5.74. The van der Waals surface area contributed by atoms with Crippen LogP contribution < -0.4 is 19.4 Å². The molecule has 186 valence electrons. The molecular weight excluding hydrogens is 470 g/mol. The maximum atomic E-state index is 14.1. The van der Waals surface area contributed by atoms with Crippen LogP contribution in [0.4, 0.5) is 4.39 Å². The lowest BCUT2D eigenvalue weighted by molar-refractivity contribution is -0.120. The number of nitrogens with zero attached hydrogens (tertiary/aromatic N) is 1. The summed E-state index contributed by atoms with van der Waals surface area (Å²) in [6, 6.07) is 8.07. The number of pyridine rings is 1. The number of hydrogen-bond donors (Lipinski definition) is 3. The summed E-state index contributed by atoms with van der Waals surface area (Å²) in [7, 11) is 0.735. The number of furan rings is 1. The standard InChI is InChI=1S/C25H24BFN2O7/c1-14-17(7-15-8-21(33-2)25(36-26(31)32)22(9-15)34-3)19-10-23(27)28-13-20(19)18(14)11-24(30)29-12-16-5-4-6-35-16/h4-10,13,31-32H,11-12H2,1-3H3,(H,29,30)/b17-7-. The van der Waals surface area contributed by atoms with Crippen molar-refractivity contribution in [3.63, 3.8) is 0 Å². The lowest BCUT2D eigenvalue weighted by Gasteiger charge is -2.15. The largest absolute Gasteiger partial charge is 0.707 e. The number of carbonyl (C=O) groups is 1. The number of fused-ring (bicyclic) bond motifs is 1. The number of halogens is 1. The summed E-state index contributed by atoms with van der Waals surface area (Å²) in [5.74, 6) is 0.186. The minimum Gasteiger partial charge on any atom is -0.506 e. The highest BCUT2D eigenvalue weighted by molar-refractivity contribution is 6.34. The summed E-state index contributed by atoms with van der Waals surface area (Å²) in [4.78, 5) is 16.5. The van der Waals surface area contributed by atoms with Gasteiger partial charge in [-0.3, -0.25) is 4.79 Å². The van der Waals surface area contributed by atoms with Crippen LogP contribution in [0.3, 0.4) is 0 Å². The molecule has 1 aromatic carbocycles. The fourth-order valence-corrected chi connectivity index (χ4v) is 4.07. The van der Waals surface area contributed by atoms with Crippen LogP contribution in [0.5, 0.6) is 17.2 Å². The SMILES string of the molecule is COc1cc(/C=C2/C(C)=C(CC(=O)NCc3ccco3)c3cnc(F)cc32)cc(OC)c1OB(O)O. The highest BCUT2D eigenvalue weighted by Gasteiger charge is 2.27. The molecule has 9 nitrogen and oxygen atoms in total. The smallest absolute Gasteiger partial charge is 0.506 e. The van der Waals surface area contributed by atoms with Crippen LogP contribution in [-0.4, -0.2) is 42.5 Å². The summed E-state index contributed by atoms with van der Waals surface area (Å²) < 4.78 is 35.1. The average molecular weight is 494 g/mol. The molecule has 0 aliphatic heterocycles. The van der Waals surface area contributed by atoms with E-state index in [1.165, 1.54) is 32.7 Å². The molecule has 0 saturated heterocycles. The van der Waals surface area contributed by atoms with Crippen LogP contribution >= 0.6 is 0 Å². The predicted octanol–water partition coefficient (Wildman–Crippen LogP) is 3.21. The summed E-state index contributed by atoms with van der Waals surface area (Å²) in [5.41, 5.74) is 4.08. The van der Waals surface area contributed by atoms with Crippen LogP contribution in [0.2, 0.25) is 0 Å². The minimum atomic E-state index is -2.07. The van der Waals surface area contributed by atoms with Gasteiger partial charge in [-0.2, -0.15) is 4.39 Å². The van der Waals surface area contributed by atoms with Crippen molar-refractivity contribution < 1.29 is 37.8 Å². The molecule has 1 aliphatic carbocycles. The predicted molar refractivity (Wildman–Crippen MR) is 130 cm³/mol. The molecule has 1 aliphatic rings. The van der Waals surface area contributed by atoms with Gasteiger partial charge in [0.25, 0.3) is 0 Å². The number of ether oxygens (including phenoxy) is 2. The van der Waals surface area contributed by atoms with Gasteiger partial charge in [0, 0.05) is 17.8 Å². The molecule has 0 unspecified atom stereocenters. The van der Waals surface area contributed by atoms with Crippen molar-refractivity contribution in [1.82, 2.24) is 10.3 Å². The second-order valence-corrected chi connectivity index (χ2v) is 7.95. The van der Waals surface area contributed by atoms with E-state index in [2.05, 4.69) is 10.3 Å². The average Bonchev–Trinajstić information content (AvgIpc) is 3.46. The van der Waals surface area contributed by atoms with Crippen LogP contribution in [0, 0.1) is 5.95 Å². The third-order valence-corrected chi connectivity index (χ3v) is 5.74. The van der Waals surface area contributed by atoms with Gasteiger partial charge in [-0.25, -0.2) is 4.98 Å². The lowest BCUT2D eigenvalue weighted by Crippen LogP contribution is -2.22. The van der Waals surface area contributed by atoms with Gasteiger partial charge in [-0.15, -0.1) is 0 Å². The number of carbonyl (C=O) groups excluding carboxylic acids is 1. The quantitative estimate of drug-likeness (QED) is 0.306. The number of aromatic nitrogens is 1. The first-order valence-electron chi connectivity index (χ1n) is 11.0. The molecule has 1 amide bonds. The van der Waals surface area contributed by atoms with Gasteiger partial charge in [0.2, 0.25) is 11.9 Å². The molecular formula is C25H24BFN2O7. The van der Waals surface area contributed by atoms with Crippen molar-refractivity contribution in [2.75, 3.05) is 14.2 Å². The molecule has 0 saturated carbocycles. The van der Waals surface area contributed by atoms with Crippen LogP contribution in [0.1, 0.15) is 35.8 Å². The number of allylic oxidation sites excluding steroid dienone is 2. The Morgan fingerprint density at radius 2 is 1.92 bits per heavy atom. The zero-order valence-corrected chi connectivity index (χ0v) is 19.9. The topological polar surface area (TPSA) is 123 Å². The first kappa shape index (κ1) is 25.0. The van der Waals surface area contributed by atoms with Crippen LogP contribution in [0.15, 0.2) is 52.8 Å². The molecule has 2 heterocycles. The van der Waals surface area contributed by atoms with Gasteiger partial charge in [0.1, 0.15) is 5.76 Å². The van der Waals surface area contributed by atoms with Gasteiger partial charge in [-0.1, -0.05) is 0 Å². The summed E-state index contributed by atoms with van der Waals surface area (Å²) >= 11 is 0. The Morgan fingerprint density at radius 3 is 2.53 bits per heavy atom. The molecule has 0 atom stereocenters. The normalized spacial score (nSPS) is 13.6. The van der Waals surface area contributed by atoms with E-state index < -0.39 is 13.3 Å². The highest BCUT2D eigenvalue weighted by atomic mass is 19.1. The molecule has 36 heavy (non-hydrogen) atoms. The van der Waals surface area contributed by atoms with Crippen molar-refractivity contribution in [3.8, 4) is 17.2 Å². The Labute approximate surface area is 207 Å². The zero-order valence-electron chi connectivity index (χ0n) is 19.9. The van der Waals surface area contributed by atoms with Gasteiger partial charge in [0.15, 0.2) is 17.2 Å². The van der Waals surface area contributed by atoms with E-state index in [1.807, 2.05) is 6.92 Å². The number of nitrogens with one attached hydrogen (secondary N) is 1. The summed E-state index contributed by atoms with van der Waals surface area (Å²) in [6.07, 6.45) is 4.82. The Kier molecular flexibility index (Phi) is 7.42. The first-order valence-corrected chi connectivity index (χ1v) is 11.0. The second kappa shape index (κ2) is 10.7. The van der Waals surface area contributed by atoms with E-state index in [9.17, 15) is 19.2 Å². The number of benzene rings is 1. The van der Waals surface area contributed by atoms with Crippen molar-refractivity contribution >= 4 is 30.5 Å². The number of amides is 1. The molecule has 0 fully saturated rings. The summed E-state index contributed by atoms with van der Waals surface area (Å²) in [5, 5.41) is 21.3. The van der Waals surface area contributed by atoms with E-state index in [0.717, 1.165) is 11.1 Å². The molecule has 11 heteroatoms. The Balaban J connectivity index is 1.71. The van der Waals surface area contributed by atoms with E-state index >= 15 is 0 Å². The summed E-state index contributed by atoms with van der Waals surface area (Å²) in [6.45, 7) is 2.11. The fourth-order valence-electron chi connectivity index (χ4n) is 4.07. The van der Waals surface area contributed by atoms with Crippen LogP contribution in [-0.2, 0) is 11.3 Å². The minimum absolute atomic E-state index is 0.0143. The van der Waals surface area contributed by atoms with E-state index in [-0.39, 0.29) is 36.1 Å². The molecule has 0 spiro atoms. The van der Waals surface area contributed by atoms with Crippen molar-refractivity contribution in [3.05, 3.63) is 76.8 Å². The Morgan fingerprint density at radius 1 is 1.19 bits per heavy atom. The first-order chi connectivity index (χ1) is 17.3.